The van der Waals surface area contributed by atoms with Crippen LogP contribution in [0.5, 0.6) is 17.2 Å². The topological polar surface area (TPSA) is 88.8 Å². The SMILES string of the molecule is CCc1ccc(OCCOc2cc(C=C(C#N)C(=O)O)ccc2OC)cc1. The van der Waals surface area contributed by atoms with Crippen molar-refractivity contribution in [2.45, 2.75) is 13.3 Å². The van der Waals surface area contributed by atoms with Gasteiger partial charge in [-0.05, 0) is 47.9 Å². The Balaban J connectivity index is 2.00. The molecule has 0 saturated heterocycles. The highest BCUT2D eigenvalue weighted by Gasteiger charge is 2.09. The zero-order valence-corrected chi connectivity index (χ0v) is 15.3. The van der Waals surface area contributed by atoms with Crippen LogP contribution < -0.4 is 14.2 Å². The van der Waals surface area contributed by atoms with E-state index in [9.17, 15) is 4.79 Å². The molecule has 0 aliphatic rings. The first-order chi connectivity index (χ1) is 13.1. The Morgan fingerprint density at radius 2 is 1.81 bits per heavy atom. The van der Waals surface area contributed by atoms with E-state index in [0.29, 0.717) is 23.7 Å². The molecule has 0 aliphatic heterocycles. The molecule has 2 aromatic rings. The van der Waals surface area contributed by atoms with Gasteiger partial charge in [0.05, 0.1) is 7.11 Å². The molecule has 0 atom stereocenters. The summed E-state index contributed by atoms with van der Waals surface area (Å²) in [4.78, 5) is 11.0. The van der Waals surface area contributed by atoms with Crippen molar-refractivity contribution < 1.29 is 24.1 Å². The molecule has 2 rings (SSSR count). The normalized spacial score (nSPS) is 10.8. The van der Waals surface area contributed by atoms with Crippen LogP contribution in [0.15, 0.2) is 48.0 Å². The fourth-order valence-electron chi connectivity index (χ4n) is 2.34. The van der Waals surface area contributed by atoms with Crippen LogP contribution in [0.25, 0.3) is 6.08 Å². The van der Waals surface area contributed by atoms with Gasteiger partial charge in [0.25, 0.3) is 0 Å². The lowest BCUT2D eigenvalue weighted by molar-refractivity contribution is -0.132. The largest absolute Gasteiger partial charge is 0.493 e. The van der Waals surface area contributed by atoms with Crippen molar-refractivity contribution in [2.24, 2.45) is 0 Å². The van der Waals surface area contributed by atoms with E-state index in [1.807, 2.05) is 24.3 Å². The van der Waals surface area contributed by atoms with Crippen LogP contribution in [0.4, 0.5) is 0 Å². The van der Waals surface area contributed by atoms with Crippen LogP contribution in [0.3, 0.4) is 0 Å². The number of ether oxygens (including phenoxy) is 3. The summed E-state index contributed by atoms with van der Waals surface area (Å²) in [5.41, 5.74) is 1.41. The molecule has 140 valence electrons. The molecule has 2 aromatic carbocycles. The average molecular weight is 367 g/mol. The molecular weight excluding hydrogens is 346 g/mol. The van der Waals surface area contributed by atoms with Gasteiger partial charge >= 0.3 is 5.97 Å². The second kappa shape index (κ2) is 9.88. The zero-order chi connectivity index (χ0) is 19.6. The van der Waals surface area contributed by atoms with E-state index < -0.39 is 5.97 Å². The lowest BCUT2D eigenvalue weighted by Gasteiger charge is -2.12. The lowest BCUT2D eigenvalue weighted by atomic mass is 10.1. The van der Waals surface area contributed by atoms with Gasteiger partial charge in [-0.3, -0.25) is 0 Å². The molecule has 0 heterocycles. The monoisotopic (exact) mass is 367 g/mol. The third-order valence-electron chi connectivity index (χ3n) is 3.79. The second-order valence-electron chi connectivity index (χ2n) is 5.58. The van der Waals surface area contributed by atoms with E-state index in [0.717, 1.165) is 12.2 Å². The Labute approximate surface area is 158 Å². The van der Waals surface area contributed by atoms with Crippen LogP contribution in [0, 0.1) is 11.3 Å². The Kier molecular flexibility index (Phi) is 7.26. The van der Waals surface area contributed by atoms with Crippen LogP contribution >= 0.6 is 0 Å². The van der Waals surface area contributed by atoms with Crippen molar-refractivity contribution in [2.75, 3.05) is 20.3 Å². The summed E-state index contributed by atoms with van der Waals surface area (Å²) >= 11 is 0. The number of rotatable bonds is 9. The molecule has 0 amide bonds. The summed E-state index contributed by atoms with van der Waals surface area (Å²) in [6.07, 6.45) is 2.25. The number of nitriles is 1. The van der Waals surface area contributed by atoms with Gasteiger partial charge < -0.3 is 19.3 Å². The molecule has 0 aromatic heterocycles. The Bertz CT molecular complexity index is 850. The lowest BCUT2D eigenvalue weighted by Crippen LogP contribution is -2.09. The number of nitrogens with zero attached hydrogens (tertiary/aromatic N) is 1. The van der Waals surface area contributed by atoms with Crippen molar-refractivity contribution in [3.05, 3.63) is 59.2 Å². The maximum atomic E-state index is 11.0. The maximum absolute atomic E-state index is 11.0. The van der Waals surface area contributed by atoms with Crippen molar-refractivity contribution in [3.63, 3.8) is 0 Å². The minimum Gasteiger partial charge on any atom is -0.493 e. The van der Waals surface area contributed by atoms with E-state index >= 15 is 0 Å². The molecule has 0 saturated carbocycles. The van der Waals surface area contributed by atoms with Gasteiger partial charge in [-0.1, -0.05) is 25.1 Å². The fourth-order valence-corrected chi connectivity index (χ4v) is 2.34. The molecule has 1 N–H and O–H groups in total. The molecule has 6 nitrogen and oxygen atoms in total. The standard InChI is InChI=1S/C21H21NO5/c1-3-15-4-7-18(8-5-15)26-10-11-27-20-13-16(6-9-19(20)25-2)12-17(14-22)21(23)24/h4-9,12-13H,3,10-11H2,1-2H3,(H,23,24). The highest BCUT2D eigenvalue weighted by molar-refractivity contribution is 5.96. The predicted molar refractivity (Wildman–Crippen MR) is 101 cm³/mol. The molecule has 6 heteroatoms. The van der Waals surface area contributed by atoms with Crippen molar-refractivity contribution in [1.82, 2.24) is 0 Å². The van der Waals surface area contributed by atoms with Gasteiger partial charge in [0, 0.05) is 0 Å². The number of hydrogen-bond donors (Lipinski definition) is 1. The number of benzene rings is 2. The Hall–Kier alpha value is -3.46. The maximum Gasteiger partial charge on any atom is 0.346 e. The van der Waals surface area contributed by atoms with Crippen molar-refractivity contribution in [3.8, 4) is 23.3 Å². The molecule has 0 bridgehead atoms. The second-order valence-corrected chi connectivity index (χ2v) is 5.58. The summed E-state index contributed by atoms with van der Waals surface area (Å²) < 4.78 is 16.6. The summed E-state index contributed by atoms with van der Waals surface area (Å²) in [5, 5.41) is 17.8. The van der Waals surface area contributed by atoms with E-state index in [1.54, 1.807) is 24.3 Å². The van der Waals surface area contributed by atoms with Gasteiger partial charge in [-0.25, -0.2) is 4.79 Å². The fraction of sp³-hybridized carbons (Fsp3) is 0.238. The van der Waals surface area contributed by atoms with Gasteiger partial charge in [0.2, 0.25) is 0 Å². The predicted octanol–water partition coefficient (Wildman–Crippen LogP) is 3.71. The molecular formula is C21H21NO5. The quantitative estimate of drug-likeness (QED) is 0.413. The molecule has 0 unspecified atom stereocenters. The third kappa shape index (κ3) is 5.79. The highest BCUT2D eigenvalue weighted by atomic mass is 16.5. The van der Waals surface area contributed by atoms with E-state index in [1.165, 1.54) is 18.7 Å². The van der Waals surface area contributed by atoms with Crippen LogP contribution in [-0.4, -0.2) is 31.4 Å². The number of carboxylic acids is 1. The Morgan fingerprint density at radius 1 is 1.11 bits per heavy atom. The van der Waals surface area contributed by atoms with Gasteiger partial charge in [-0.15, -0.1) is 0 Å². The highest BCUT2D eigenvalue weighted by Crippen LogP contribution is 2.29. The minimum atomic E-state index is -1.28. The van der Waals surface area contributed by atoms with E-state index in [-0.39, 0.29) is 12.2 Å². The van der Waals surface area contributed by atoms with Crippen LogP contribution in [0.2, 0.25) is 0 Å². The number of hydrogen-bond acceptors (Lipinski definition) is 5. The first-order valence-corrected chi connectivity index (χ1v) is 8.45. The van der Waals surface area contributed by atoms with Gasteiger partial charge in [0.1, 0.15) is 30.6 Å². The first kappa shape index (κ1) is 19.9. The summed E-state index contributed by atoms with van der Waals surface area (Å²) in [5.74, 6) is 0.435. The minimum absolute atomic E-state index is 0.281. The molecule has 0 radical (unpaired) electrons. The smallest absolute Gasteiger partial charge is 0.346 e. The number of aliphatic carboxylic acids is 1. The molecule has 0 spiro atoms. The van der Waals surface area contributed by atoms with Crippen LogP contribution in [-0.2, 0) is 11.2 Å². The summed E-state index contributed by atoms with van der Waals surface area (Å²) in [6, 6.07) is 14.4. The molecule has 0 aliphatic carbocycles. The van der Waals surface area contributed by atoms with Gasteiger partial charge in [0.15, 0.2) is 11.5 Å². The van der Waals surface area contributed by atoms with Crippen molar-refractivity contribution >= 4 is 12.0 Å². The van der Waals surface area contributed by atoms with Crippen molar-refractivity contribution in [1.29, 1.82) is 5.26 Å². The zero-order valence-electron chi connectivity index (χ0n) is 15.3. The number of aryl methyl sites for hydroxylation is 1. The van der Waals surface area contributed by atoms with E-state index in [4.69, 9.17) is 24.6 Å². The number of carboxylic acid groups (broad SMARTS) is 1. The number of methoxy groups -OCH3 is 1. The number of carbonyl (C=O) groups is 1. The average Bonchev–Trinajstić information content (AvgIpc) is 2.69. The van der Waals surface area contributed by atoms with E-state index in [2.05, 4.69) is 6.92 Å². The summed E-state index contributed by atoms with van der Waals surface area (Å²) in [7, 11) is 1.52. The van der Waals surface area contributed by atoms with Crippen LogP contribution in [0.1, 0.15) is 18.1 Å². The molecule has 0 fully saturated rings. The first-order valence-electron chi connectivity index (χ1n) is 8.45. The molecule has 27 heavy (non-hydrogen) atoms. The summed E-state index contributed by atoms with van der Waals surface area (Å²) in [6.45, 7) is 2.72. The van der Waals surface area contributed by atoms with Gasteiger partial charge in [-0.2, -0.15) is 5.26 Å². The Morgan fingerprint density at radius 3 is 2.41 bits per heavy atom. The third-order valence-corrected chi connectivity index (χ3v) is 3.79.